The highest BCUT2D eigenvalue weighted by atomic mass is 16.4. The molecule has 22 heavy (non-hydrogen) atoms. The standard InChI is InChI=1S/C15H19N3O4/c1-2-8-17-11-5-3-4-6-12(11)18(15(17)22)9-7-13(19)16-10-14(20)21/h3-6H,2,7-10H2,1H3,(H,16,19)(H,20,21). The molecule has 0 saturated heterocycles. The summed E-state index contributed by atoms with van der Waals surface area (Å²) in [5.41, 5.74) is 1.49. The number of carboxylic acids is 1. The van der Waals surface area contributed by atoms with Crippen molar-refractivity contribution in [2.45, 2.75) is 32.9 Å². The van der Waals surface area contributed by atoms with E-state index < -0.39 is 12.5 Å². The van der Waals surface area contributed by atoms with Gasteiger partial charge in [-0.15, -0.1) is 0 Å². The first-order valence-corrected chi connectivity index (χ1v) is 7.21. The minimum Gasteiger partial charge on any atom is -0.480 e. The van der Waals surface area contributed by atoms with Gasteiger partial charge in [-0.05, 0) is 18.6 Å². The first kappa shape index (κ1) is 15.8. The molecule has 0 spiro atoms. The van der Waals surface area contributed by atoms with E-state index in [4.69, 9.17) is 5.11 Å². The second kappa shape index (κ2) is 6.93. The third kappa shape index (κ3) is 3.36. The lowest BCUT2D eigenvalue weighted by atomic mass is 10.3. The van der Waals surface area contributed by atoms with Gasteiger partial charge in [0, 0.05) is 19.5 Å². The lowest BCUT2D eigenvalue weighted by Crippen LogP contribution is -2.31. The largest absolute Gasteiger partial charge is 0.480 e. The van der Waals surface area contributed by atoms with Crippen LogP contribution in [-0.4, -0.2) is 32.7 Å². The zero-order valence-corrected chi connectivity index (χ0v) is 12.4. The number of amides is 1. The van der Waals surface area contributed by atoms with Gasteiger partial charge in [-0.3, -0.25) is 18.7 Å². The summed E-state index contributed by atoms with van der Waals surface area (Å²) in [6.07, 6.45) is 0.903. The maximum atomic E-state index is 12.5. The molecule has 1 aromatic heterocycles. The average molecular weight is 305 g/mol. The summed E-state index contributed by atoms with van der Waals surface area (Å²) >= 11 is 0. The van der Waals surface area contributed by atoms with Crippen molar-refractivity contribution in [3.63, 3.8) is 0 Å². The molecule has 1 aromatic carbocycles. The van der Waals surface area contributed by atoms with Gasteiger partial charge in [-0.2, -0.15) is 0 Å². The molecule has 0 aliphatic heterocycles. The molecule has 1 amide bonds. The van der Waals surface area contributed by atoms with E-state index in [2.05, 4.69) is 5.32 Å². The van der Waals surface area contributed by atoms with Crippen LogP contribution in [0.5, 0.6) is 0 Å². The third-order valence-corrected chi connectivity index (χ3v) is 3.37. The third-order valence-electron chi connectivity index (χ3n) is 3.37. The van der Waals surface area contributed by atoms with Gasteiger partial charge < -0.3 is 10.4 Å². The van der Waals surface area contributed by atoms with E-state index in [1.807, 2.05) is 31.2 Å². The van der Waals surface area contributed by atoms with Gasteiger partial charge in [0.2, 0.25) is 5.91 Å². The fraction of sp³-hybridized carbons (Fsp3) is 0.400. The fourth-order valence-corrected chi connectivity index (χ4v) is 2.40. The van der Waals surface area contributed by atoms with Crippen molar-refractivity contribution in [3.05, 3.63) is 34.7 Å². The zero-order chi connectivity index (χ0) is 16.1. The van der Waals surface area contributed by atoms with Gasteiger partial charge in [-0.25, -0.2) is 4.79 Å². The summed E-state index contributed by atoms with van der Waals surface area (Å²) < 4.78 is 3.26. The molecule has 1 heterocycles. The van der Waals surface area contributed by atoms with Crippen molar-refractivity contribution in [1.29, 1.82) is 0 Å². The van der Waals surface area contributed by atoms with E-state index in [1.54, 1.807) is 9.13 Å². The maximum Gasteiger partial charge on any atom is 0.329 e. The Bertz CT molecular complexity index is 745. The van der Waals surface area contributed by atoms with Crippen molar-refractivity contribution in [2.75, 3.05) is 6.54 Å². The highest BCUT2D eigenvalue weighted by Gasteiger charge is 2.13. The number of hydrogen-bond donors (Lipinski definition) is 2. The van der Waals surface area contributed by atoms with Crippen molar-refractivity contribution >= 4 is 22.9 Å². The summed E-state index contributed by atoms with van der Waals surface area (Å²) in [6.45, 7) is 2.43. The molecule has 2 aromatic rings. The van der Waals surface area contributed by atoms with Crippen molar-refractivity contribution in [1.82, 2.24) is 14.5 Å². The molecule has 2 N–H and O–H groups in total. The minimum absolute atomic E-state index is 0.0628. The highest BCUT2D eigenvalue weighted by Crippen LogP contribution is 2.13. The number of imidazole rings is 1. The Balaban J connectivity index is 2.21. The summed E-state index contributed by atoms with van der Waals surface area (Å²) in [5.74, 6) is -1.48. The van der Waals surface area contributed by atoms with Crippen LogP contribution in [0.4, 0.5) is 0 Å². The predicted molar refractivity (Wildman–Crippen MR) is 81.8 cm³/mol. The van der Waals surface area contributed by atoms with Crippen molar-refractivity contribution < 1.29 is 14.7 Å². The van der Waals surface area contributed by atoms with Gasteiger partial charge in [0.05, 0.1) is 11.0 Å². The monoisotopic (exact) mass is 305 g/mol. The molecule has 0 bridgehead atoms. The van der Waals surface area contributed by atoms with Gasteiger partial charge >= 0.3 is 11.7 Å². The quantitative estimate of drug-likeness (QED) is 0.791. The Morgan fingerprint density at radius 2 is 1.73 bits per heavy atom. The minimum atomic E-state index is -1.09. The van der Waals surface area contributed by atoms with Crippen LogP contribution in [0.25, 0.3) is 11.0 Å². The van der Waals surface area contributed by atoms with Crippen LogP contribution in [0, 0.1) is 0 Å². The molecular formula is C15H19N3O4. The predicted octanol–water partition coefficient (Wildman–Crippen LogP) is 0.804. The maximum absolute atomic E-state index is 12.5. The molecule has 0 fully saturated rings. The second-order valence-corrected chi connectivity index (χ2v) is 5.00. The van der Waals surface area contributed by atoms with Gasteiger partial charge in [0.1, 0.15) is 6.54 Å². The number of benzene rings is 1. The number of rotatable bonds is 7. The lowest BCUT2D eigenvalue weighted by Gasteiger charge is -2.04. The number of aliphatic carboxylic acids is 1. The number of aromatic nitrogens is 2. The topological polar surface area (TPSA) is 93.3 Å². The number of carbonyl (C=O) groups excluding carboxylic acids is 1. The Kier molecular flexibility index (Phi) is 4.98. The molecule has 118 valence electrons. The van der Waals surface area contributed by atoms with Crippen LogP contribution in [0.2, 0.25) is 0 Å². The number of hydrogen-bond acceptors (Lipinski definition) is 3. The Morgan fingerprint density at radius 3 is 2.27 bits per heavy atom. The SMILES string of the molecule is CCCn1c(=O)n(CCC(=O)NCC(=O)O)c2ccccc21. The normalized spacial score (nSPS) is 10.8. The van der Waals surface area contributed by atoms with Crippen LogP contribution in [0.15, 0.2) is 29.1 Å². The summed E-state index contributed by atoms with van der Waals surface area (Å²) in [5, 5.41) is 10.8. The average Bonchev–Trinajstić information content (AvgIpc) is 2.76. The van der Waals surface area contributed by atoms with Gasteiger partial charge in [0.25, 0.3) is 0 Å². The van der Waals surface area contributed by atoms with Crippen molar-refractivity contribution in [3.8, 4) is 0 Å². The van der Waals surface area contributed by atoms with Gasteiger partial charge in [0.15, 0.2) is 0 Å². The van der Waals surface area contributed by atoms with Crippen molar-refractivity contribution in [2.24, 2.45) is 0 Å². The second-order valence-electron chi connectivity index (χ2n) is 5.00. The molecule has 0 atom stereocenters. The fourth-order valence-electron chi connectivity index (χ4n) is 2.40. The van der Waals surface area contributed by atoms with Crippen LogP contribution in [-0.2, 0) is 22.7 Å². The van der Waals surface area contributed by atoms with E-state index >= 15 is 0 Å². The Hall–Kier alpha value is -2.57. The van der Waals surface area contributed by atoms with E-state index in [9.17, 15) is 14.4 Å². The summed E-state index contributed by atoms with van der Waals surface area (Å²) in [6, 6.07) is 7.45. The number of carboxylic acid groups (broad SMARTS) is 1. The van der Waals surface area contributed by atoms with Gasteiger partial charge in [-0.1, -0.05) is 19.1 Å². The number of fused-ring (bicyclic) bond motifs is 1. The number of nitrogens with zero attached hydrogens (tertiary/aromatic N) is 2. The molecule has 0 saturated carbocycles. The summed E-state index contributed by atoms with van der Waals surface area (Å²) in [4.78, 5) is 34.5. The first-order valence-electron chi connectivity index (χ1n) is 7.21. The molecule has 0 radical (unpaired) electrons. The van der Waals surface area contributed by atoms with Crippen LogP contribution in [0.1, 0.15) is 19.8 Å². The molecule has 0 unspecified atom stereocenters. The smallest absolute Gasteiger partial charge is 0.329 e. The summed E-state index contributed by atoms with van der Waals surface area (Å²) in [7, 11) is 0. The molecule has 0 aliphatic rings. The molecule has 7 heteroatoms. The Labute approximate surface area is 127 Å². The highest BCUT2D eigenvalue weighted by molar-refractivity contribution is 5.81. The van der Waals surface area contributed by atoms with Crippen LogP contribution in [0.3, 0.4) is 0 Å². The number of para-hydroxylation sites is 2. The van der Waals surface area contributed by atoms with E-state index in [0.29, 0.717) is 6.54 Å². The molecular weight excluding hydrogens is 286 g/mol. The van der Waals surface area contributed by atoms with E-state index in [0.717, 1.165) is 17.5 Å². The number of nitrogens with one attached hydrogen (secondary N) is 1. The van der Waals surface area contributed by atoms with E-state index in [1.165, 1.54) is 0 Å². The molecule has 2 rings (SSSR count). The zero-order valence-electron chi connectivity index (χ0n) is 12.4. The number of aryl methyl sites for hydroxylation is 2. The van der Waals surface area contributed by atoms with E-state index in [-0.39, 0.29) is 24.6 Å². The number of carbonyl (C=O) groups is 2. The Morgan fingerprint density at radius 1 is 1.14 bits per heavy atom. The van der Waals surface area contributed by atoms with Crippen LogP contribution >= 0.6 is 0 Å². The van der Waals surface area contributed by atoms with Crippen LogP contribution < -0.4 is 11.0 Å². The lowest BCUT2D eigenvalue weighted by molar-refractivity contribution is -0.137. The molecule has 7 nitrogen and oxygen atoms in total. The molecule has 0 aliphatic carbocycles. The first-order chi connectivity index (χ1) is 10.5.